The van der Waals surface area contributed by atoms with Gasteiger partial charge in [-0.05, 0) is 43.0 Å². The van der Waals surface area contributed by atoms with Crippen molar-refractivity contribution in [1.29, 1.82) is 0 Å². The normalized spacial score (nSPS) is 13.5. The summed E-state index contributed by atoms with van der Waals surface area (Å²) in [6.45, 7) is 0. The van der Waals surface area contributed by atoms with Gasteiger partial charge in [-0.15, -0.1) is 0 Å². The number of aromatic amines is 1. The Balaban J connectivity index is 1.68. The third-order valence-corrected chi connectivity index (χ3v) is 3.40. The zero-order valence-corrected chi connectivity index (χ0v) is 11.1. The van der Waals surface area contributed by atoms with Gasteiger partial charge in [-0.1, -0.05) is 0 Å². The number of rotatable bonds is 3. The van der Waals surface area contributed by atoms with Crippen molar-refractivity contribution in [1.82, 2.24) is 15.6 Å². The number of aromatic hydroxyl groups is 2. The summed E-state index contributed by atoms with van der Waals surface area (Å²) in [4.78, 5) is 12.0. The second kappa shape index (κ2) is 5.28. The van der Waals surface area contributed by atoms with Gasteiger partial charge in [0.1, 0.15) is 0 Å². The smallest absolute Gasteiger partial charge is 0.292 e. The topological polar surface area (TPSA) is 111 Å². The van der Waals surface area contributed by atoms with Crippen LogP contribution in [0.4, 0.5) is 0 Å². The fraction of sp³-hybridized carbons (Fsp3) is 0.214. The number of amides is 1. The van der Waals surface area contributed by atoms with Crippen molar-refractivity contribution in [2.45, 2.75) is 19.3 Å². The molecule has 108 valence electrons. The molecule has 1 aliphatic carbocycles. The lowest BCUT2D eigenvalue weighted by Gasteiger charge is -1.99. The standard InChI is InChI=1S/C14H14N4O3/c19-11-5-4-8(6-12(11)20)7-15-18-14(21)13-9-2-1-3-10(9)16-17-13/h4-7,19-20H,1-3H2,(H,16,17)(H,18,21). The number of aryl methyl sites for hydroxylation is 1. The first-order chi connectivity index (χ1) is 10.1. The summed E-state index contributed by atoms with van der Waals surface area (Å²) >= 11 is 0. The van der Waals surface area contributed by atoms with E-state index in [0.29, 0.717) is 11.3 Å². The Kier molecular flexibility index (Phi) is 3.31. The van der Waals surface area contributed by atoms with E-state index >= 15 is 0 Å². The number of phenols is 2. The number of carbonyl (C=O) groups excluding carboxylic acids is 1. The third kappa shape index (κ3) is 2.58. The molecule has 21 heavy (non-hydrogen) atoms. The number of fused-ring (bicyclic) bond motifs is 1. The van der Waals surface area contributed by atoms with Crippen molar-refractivity contribution in [3.8, 4) is 11.5 Å². The van der Waals surface area contributed by atoms with E-state index < -0.39 is 0 Å². The molecule has 7 nitrogen and oxygen atoms in total. The van der Waals surface area contributed by atoms with Crippen LogP contribution in [-0.4, -0.2) is 32.5 Å². The predicted octanol–water partition coefficient (Wildman–Crippen LogP) is 1.07. The van der Waals surface area contributed by atoms with Crippen LogP contribution in [0.5, 0.6) is 11.5 Å². The van der Waals surface area contributed by atoms with E-state index in [4.69, 9.17) is 0 Å². The van der Waals surface area contributed by atoms with Crippen molar-refractivity contribution >= 4 is 12.1 Å². The Morgan fingerprint density at radius 1 is 1.33 bits per heavy atom. The Bertz CT molecular complexity index is 721. The zero-order valence-electron chi connectivity index (χ0n) is 11.1. The largest absolute Gasteiger partial charge is 0.504 e. The molecule has 0 saturated heterocycles. The van der Waals surface area contributed by atoms with E-state index in [0.717, 1.165) is 30.5 Å². The molecule has 0 fully saturated rings. The summed E-state index contributed by atoms with van der Waals surface area (Å²) in [5.41, 5.74) is 5.32. The van der Waals surface area contributed by atoms with Gasteiger partial charge in [0.05, 0.1) is 6.21 Å². The molecular formula is C14H14N4O3. The van der Waals surface area contributed by atoms with Crippen LogP contribution in [0.15, 0.2) is 23.3 Å². The van der Waals surface area contributed by atoms with Gasteiger partial charge in [-0.2, -0.15) is 10.2 Å². The minimum Gasteiger partial charge on any atom is -0.504 e. The molecule has 0 atom stereocenters. The number of carbonyl (C=O) groups is 1. The average Bonchev–Trinajstić information content (AvgIpc) is 3.05. The third-order valence-electron chi connectivity index (χ3n) is 3.40. The molecular weight excluding hydrogens is 272 g/mol. The Morgan fingerprint density at radius 3 is 3.00 bits per heavy atom. The van der Waals surface area contributed by atoms with Crippen LogP contribution in [0.2, 0.25) is 0 Å². The van der Waals surface area contributed by atoms with Crippen molar-refractivity contribution < 1.29 is 15.0 Å². The Labute approximate surface area is 120 Å². The van der Waals surface area contributed by atoms with Gasteiger partial charge in [0, 0.05) is 11.3 Å². The zero-order chi connectivity index (χ0) is 14.8. The molecule has 1 aromatic carbocycles. The van der Waals surface area contributed by atoms with Crippen molar-refractivity contribution in [3.05, 3.63) is 40.7 Å². The molecule has 0 bridgehead atoms. The summed E-state index contributed by atoms with van der Waals surface area (Å²) in [6.07, 6.45) is 4.18. The Morgan fingerprint density at radius 2 is 2.19 bits per heavy atom. The van der Waals surface area contributed by atoms with E-state index in [1.54, 1.807) is 6.07 Å². The summed E-state index contributed by atoms with van der Waals surface area (Å²) in [5, 5.41) is 29.2. The average molecular weight is 286 g/mol. The molecule has 4 N–H and O–H groups in total. The highest BCUT2D eigenvalue weighted by Crippen LogP contribution is 2.24. The lowest BCUT2D eigenvalue weighted by Crippen LogP contribution is -2.19. The highest BCUT2D eigenvalue weighted by Gasteiger charge is 2.22. The second-order valence-electron chi connectivity index (χ2n) is 4.83. The fourth-order valence-corrected chi connectivity index (χ4v) is 2.35. The van der Waals surface area contributed by atoms with Gasteiger partial charge in [-0.25, -0.2) is 5.43 Å². The number of phenolic OH excluding ortho intramolecular Hbond substituents is 2. The molecule has 1 aliphatic rings. The van der Waals surface area contributed by atoms with E-state index in [2.05, 4.69) is 20.7 Å². The molecule has 1 heterocycles. The van der Waals surface area contributed by atoms with Crippen molar-refractivity contribution in [2.24, 2.45) is 5.10 Å². The number of benzene rings is 1. The first kappa shape index (κ1) is 13.2. The van der Waals surface area contributed by atoms with Crippen LogP contribution in [0.3, 0.4) is 0 Å². The molecule has 0 aliphatic heterocycles. The van der Waals surface area contributed by atoms with Crippen LogP contribution in [0.25, 0.3) is 0 Å². The van der Waals surface area contributed by atoms with Gasteiger partial charge >= 0.3 is 0 Å². The predicted molar refractivity (Wildman–Crippen MR) is 75.4 cm³/mol. The lowest BCUT2D eigenvalue weighted by molar-refractivity contribution is 0.0949. The first-order valence-electron chi connectivity index (χ1n) is 6.56. The number of nitrogens with one attached hydrogen (secondary N) is 2. The molecule has 2 aromatic rings. The molecule has 1 aromatic heterocycles. The van der Waals surface area contributed by atoms with Crippen LogP contribution >= 0.6 is 0 Å². The second-order valence-corrected chi connectivity index (χ2v) is 4.83. The van der Waals surface area contributed by atoms with Gasteiger partial charge in [-0.3, -0.25) is 9.89 Å². The molecule has 1 amide bonds. The number of hydrazone groups is 1. The minimum atomic E-state index is -0.367. The van der Waals surface area contributed by atoms with E-state index in [-0.39, 0.29) is 17.4 Å². The summed E-state index contributed by atoms with van der Waals surface area (Å²) in [6, 6.07) is 4.26. The molecule has 7 heteroatoms. The maximum absolute atomic E-state index is 12.0. The first-order valence-corrected chi connectivity index (χ1v) is 6.56. The minimum absolute atomic E-state index is 0.205. The maximum atomic E-state index is 12.0. The number of H-pyrrole nitrogens is 1. The molecule has 0 saturated carbocycles. The highest BCUT2D eigenvalue weighted by atomic mass is 16.3. The molecule has 0 spiro atoms. The monoisotopic (exact) mass is 286 g/mol. The van der Waals surface area contributed by atoms with Crippen molar-refractivity contribution in [2.75, 3.05) is 0 Å². The summed E-state index contributed by atoms with van der Waals surface area (Å²) in [5.74, 6) is -0.813. The van der Waals surface area contributed by atoms with Gasteiger partial charge in [0.25, 0.3) is 5.91 Å². The van der Waals surface area contributed by atoms with Crippen molar-refractivity contribution in [3.63, 3.8) is 0 Å². The van der Waals surface area contributed by atoms with Gasteiger partial charge in [0.15, 0.2) is 17.2 Å². The summed E-state index contributed by atoms with van der Waals surface area (Å²) < 4.78 is 0. The number of aromatic nitrogens is 2. The highest BCUT2D eigenvalue weighted by molar-refractivity contribution is 5.94. The lowest BCUT2D eigenvalue weighted by atomic mass is 10.2. The van der Waals surface area contributed by atoms with Gasteiger partial charge < -0.3 is 10.2 Å². The summed E-state index contributed by atoms with van der Waals surface area (Å²) in [7, 11) is 0. The quantitative estimate of drug-likeness (QED) is 0.384. The van der Waals surface area contributed by atoms with Gasteiger partial charge in [0.2, 0.25) is 0 Å². The van der Waals surface area contributed by atoms with Crippen LogP contribution in [0.1, 0.15) is 33.7 Å². The molecule has 0 radical (unpaired) electrons. The van der Waals surface area contributed by atoms with Crippen LogP contribution in [-0.2, 0) is 12.8 Å². The van der Waals surface area contributed by atoms with E-state index in [9.17, 15) is 15.0 Å². The molecule has 0 unspecified atom stereocenters. The number of nitrogens with zero attached hydrogens (tertiary/aromatic N) is 2. The number of hydrogen-bond acceptors (Lipinski definition) is 5. The van der Waals surface area contributed by atoms with E-state index in [1.807, 2.05) is 0 Å². The Hall–Kier alpha value is -2.83. The maximum Gasteiger partial charge on any atom is 0.292 e. The fourth-order valence-electron chi connectivity index (χ4n) is 2.35. The van der Waals surface area contributed by atoms with Crippen LogP contribution in [0, 0.1) is 0 Å². The van der Waals surface area contributed by atoms with E-state index in [1.165, 1.54) is 18.3 Å². The molecule has 3 rings (SSSR count). The van der Waals surface area contributed by atoms with Crippen LogP contribution < -0.4 is 5.43 Å². The number of hydrogen-bond donors (Lipinski definition) is 4. The SMILES string of the molecule is O=C(NN=Cc1ccc(O)c(O)c1)c1n[nH]c2c1CCC2.